The van der Waals surface area contributed by atoms with Gasteiger partial charge in [-0.25, -0.2) is 0 Å². The van der Waals surface area contributed by atoms with Crippen molar-refractivity contribution in [2.24, 2.45) is 0 Å². The van der Waals surface area contributed by atoms with Crippen molar-refractivity contribution in [3.63, 3.8) is 0 Å². The summed E-state index contributed by atoms with van der Waals surface area (Å²) in [7, 11) is 3.78. The van der Waals surface area contributed by atoms with Gasteiger partial charge in [0.2, 0.25) is 0 Å². The lowest BCUT2D eigenvalue weighted by Crippen LogP contribution is -2.36. The first-order valence-corrected chi connectivity index (χ1v) is 11.2. The molecule has 30 heavy (non-hydrogen) atoms. The Labute approximate surface area is 181 Å². The van der Waals surface area contributed by atoms with E-state index in [2.05, 4.69) is 35.5 Å². The van der Waals surface area contributed by atoms with Gasteiger partial charge >= 0.3 is 0 Å². The highest BCUT2D eigenvalue weighted by molar-refractivity contribution is 7.21. The molecule has 0 unspecified atom stereocenters. The summed E-state index contributed by atoms with van der Waals surface area (Å²) < 4.78 is 12.5. The SMILES string of the molecule is COc1cccc(CCCNC(=O)c2sc3ccccc3c2[C@H]2CN(C)CCO2)c1. The third-order valence-electron chi connectivity index (χ3n) is 5.49. The number of hydrogen-bond acceptors (Lipinski definition) is 5. The van der Waals surface area contributed by atoms with Crippen LogP contribution in [-0.2, 0) is 11.2 Å². The number of thiophene rings is 1. The van der Waals surface area contributed by atoms with Crippen LogP contribution in [0.15, 0.2) is 48.5 Å². The molecule has 0 spiro atoms. The minimum absolute atomic E-state index is 0.00586. The topological polar surface area (TPSA) is 50.8 Å². The molecular weight excluding hydrogens is 396 g/mol. The Kier molecular flexibility index (Phi) is 6.67. The van der Waals surface area contributed by atoms with Gasteiger partial charge in [-0.3, -0.25) is 4.79 Å². The van der Waals surface area contributed by atoms with Crippen LogP contribution in [-0.4, -0.2) is 51.2 Å². The predicted octanol–water partition coefficient (Wildman–Crippen LogP) is 4.28. The van der Waals surface area contributed by atoms with Crippen LogP contribution < -0.4 is 10.1 Å². The molecule has 158 valence electrons. The monoisotopic (exact) mass is 424 g/mol. The van der Waals surface area contributed by atoms with Gasteiger partial charge in [-0.1, -0.05) is 30.3 Å². The number of benzene rings is 2. The summed E-state index contributed by atoms with van der Waals surface area (Å²) in [5.41, 5.74) is 2.25. The van der Waals surface area contributed by atoms with Crippen LogP contribution in [0, 0.1) is 0 Å². The smallest absolute Gasteiger partial charge is 0.261 e. The number of likely N-dealkylation sites (N-methyl/N-ethyl adjacent to an activating group) is 1. The minimum Gasteiger partial charge on any atom is -0.497 e. The lowest BCUT2D eigenvalue weighted by molar-refractivity contribution is -0.0202. The van der Waals surface area contributed by atoms with Gasteiger partial charge in [0.1, 0.15) is 5.75 Å². The second-order valence-corrected chi connectivity index (χ2v) is 8.73. The molecule has 1 aliphatic heterocycles. The summed E-state index contributed by atoms with van der Waals surface area (Å²) in [5, 5.41) is 4.25. The molecule has 5 nitrogen and oxygen atoms in total. The highest BCUT2D eigenvalue weighted by Crippen LogP contribution is 2.38. The second-order valence-electron chi connectivity index (χ2n) is 7.67. The number of hydrogen-bond donors (Lipinski definition) is 1. The van der Waals surface area contributed by atoms with Crippen molar-refractivity contribution in [2.45, 2.75) is 18.9 Å². The normalized spacial score (nSPS) is 17.2. The van der Waals surface area contributed by atoms with Gasteiger partial charge in [-0.2, -0.15) is 0 Å². The van der Waals surface area contributed by atoms with Gasteiger partial charge in [0.05, 0.1) is 24.7 Å². The fourth-order valence-corrected chi connectivity index (χ4v) is 5.08. The van der Waals surface area contributed by atoms with Crippen LogP contribution in [0.4, 0.5) is 0 Å². The van der Waals surface area contributed by atoms with Crippen LogP contribution >= 0.6 is 11.3 Å². The zero-order valence-electron chi connectivity index (χ0n) is 17.5. The summed E-state index contributed by atoms with van der Waals surface area (Å²) >= 11 is 1.56. The molecule has 3 aromatic rings. The second kappa shape index (κ2) is 9.60. The highest BCUT2D eigenvalue weighted by Gasteiger charge is 2.28. The molecule has 6 heteroatoms. The van der Waals surface area contributed by atoms with Crippen LogP contribution in [0.1, 0.15) is 33.3 Å². The summed E-state index contributed by atoms with van der Waals surface area (Å²) in [5.74, 6) is 0.859. The van der Waals surface area contributed by atoms with Crippen molar-refractivity contribution < 1.29 is 14.3 Å². The average molecular weight is 425 g/mol. The van der Waals surface area contributed by atoms with Crippen LogP contribution in [0.5, 0.6) is 5.75 Å². The Balaban J connectivity index is 1.45. The lowest BCUT2D eigenvalue weighted by atomic mass is 10.0. The van der Waals surface area contributed by atoms with Crippen molar-refractivity contribution >= 4 is 27.3 Å². The van der Waals surface area contributed by atoms with E-state index in [1.807, 2.05) is 30.3 Å². The molecule has 1 aliphatic rings. The zero-order valence-corrected chi connectivity index (χ0v) is 18.3. The van der Waals surface area contributed by atoms with Gasteiger partial charge in [-0.15, -0.1) is 11.3 Å². The number of nitrogens with one attached hydrogen (secondary N) is 1. The number of methoxy groups -OCH3 is 1. The number of rotatable bonds is 7. The number of aryl methyl sites for hydroxylation is 1. The first-order valence-electron chi connectivity index (χ1n) is 10.4. The summed E-state index contributed by atoms with van der Waals surface area (Å²) in [6.45, 7) is 3.04. The first-order chi connectivity index (χ1) is 14.7. The van der Waals surface area contributed by atoms with Crippen molar-refractivity contribution in [1.29, 1.82) is 0 Å². The Morgan fingerprint density at radius 2 is 2.13 bits per heavy atom. The number of nitrogens with zero attached hydrogens (tertiary/aromatic N) is 1. The van der Waals surface area contributed by atoms with Crippen LogP contribution in [0.2, 0.25) is 0 Å². The van der Waals surface area contributed by atoms with Gasteiger partial charge < -0.3 is 19.7 Å². The van der Waals surface area contributed by atoms with Crippen molar-refractivity contribution in [3.8, 4) is 5.75 Å². The van der Waals surface area contributed by atoms with E-state index in [1.54, 1.807) is 18.4 Å². The molecule has 4 rings (SSSR count). The molecular formula is C24H28N2O3S. The van der Waals surface area contributed by atoms with E-state index < -0.39 is 0 Å². The maximum Gasteiger partial charge on any atom is 0.261 e. The molecule has 1 N–H and O–H groups in total. The lowest BCUT2D eigenvalue weighted by Gasteiger charge is -2.30. The van der Waals surface area contributed by atoms with Crippen molar-refractivity contribution in [1.82, 2.24) is 10.2 Å². The molecule has 1 amide bonds. The van der Waals surface area contributed by atoms with Gasteiger partial charge in [0, 0.05) is 29.9 Å². The largest absolute Gasteiger partial charge is 0.497 e. The van der Waals surface area contributed by atoms with Crippen LogP contribution in [0.3, 0.4) is 0 Å². The Morgan fingerprint density at radius 1 is 1.27 bits per heavy atom. The standard InChI is InChI=1S/C24H28N2O3S/c1-26-13-14-29-20(16-26)22-19-10-3-4-11-21(19)30-23(22)24(27)25-12-6-8-17-7-5-9-18(15-17)28-2/h3-5,7,9-11,15,20H,6,8,12-14,16H2,1-2H3,(H,25,27)/t20-/m1/s1. The molecule has 0 aliphatic carbocycles. The molecule has 0 bridgehead atoms. The first kappa shape index (κ1) is 20.8. The van der Waals surface area contributed by atoms with E-state index in [9.17, 15) is 4.79 Å². The summed E-state index contributed by atoms with van der Waals surface area (Å²) in [6.07, 6.45) is 1.70. The quantitative estimate of drug-likeness (QED) is 0.576. The van der Waals surface area contributed by atoms with Crippen molar-refractivity contribution in [2.75, 3.05) is 40.4 Å². The fraction of sp³-hybridized carbons (Fsp3) is 0.375. The van der Waals surface area contributed by atoms with Crippen molar-refractivity contribution in [3.05, 3.63) is 64.5 Å². The Hall–Kier alpha value is -2.41. The zero-order chi connectivity index (χ0) is 20.9. The maximum atomic E-state index is 13.1. The molecule has 1 aromatic heterocycles. The van der Waals surface area contributed by atoms with E-state index in [1.165, 1.54) is 5.56 Å². The van der Waals surface area contributed by atoms with E-state index >= 15 is 0 Å². The molecule has 0 saturated carbocycles. The molecule has 1 fully saturated rings. The summed E-state index contributed by atoms with van der Waals surface area (Å²) in [6, 6.07) is 16.3. The van der Waals surface area contributed by atoms with E-state index in [0.29, 0.717) is 13.2 Å². The Bertz CT molecular complexity index is 1020. The summed E-state index contributed by atoms with van der Waals surface area (Å²) in [4.78, 5) is 16.1. The molecule has 1 saturated heterocycles. The molecule has 1 atom stereocenters. The number of ether oxygens (including phenoxy) is 2. The maximum absolute atomic E-state index is 13.1. The predicted molar refractivity (Wildman–Crippen MR) is 122 cm³/mol. The average Bonchev–Trinajstić information content (AvgIpc) is 3.16. The van der Waals surface area contributed by atoms with E-state index in [0.717, 1.165) is 52.2 Å². The molecule has 2 heterocycles. The molecule has 2 aromatic carbocycles. The van der Waals surface area contributed by atoms with Gasteiger partial charge in [-0.05, 0) is 49.0 Å². The number of fused-ring (bicyclic) bond motifs is 1. The third kappa shape index (κ3) is 4.67. The Morgan fingerprint density at radius 3 is 2.97 bits per heavy atom. The fourth-order valence-electron chi connectivity index (χ4n) is 3.91. The highest BCUT2D eigenvalue weighted by atomic mass is 32.1. The number of amides is 1. The molecule has 0 radical (unpaired) electrons. The van der Waals surface area contributed by atoms with Gasteiger partial charge in [0.25, 0.3) is 5.91 Å². The number of morpholine rings is 1. The van der Waals surface area contributed by atoms with Gasteiger partial charge in [0.15, 0.2) is 0 Å². The minimum atomic E-state index is -0.0718. The van der Waals surface area contributed by atoms with Crippen LogP contribution in [0.25, 0.3) is 10.1 Å². The number of carbonyl (C=O) groups excluding carboxylic acids is 1. The van der Waals surface area contributed by atoms with E-state index in [-0.39, 0.29) is 12.0 Å². The van der Waals surface area contributed by atoms with E-state index in [4.69, 9.17) is 9.47 Å². The third-order valence-corrected chi connectivity index (χ3v) is 6.68. The number of carbonyl (C=O) groups is 1.